The quantitative estimate of drug-likeness (QED) is 0.305. The lowest BCUT2D eigenvalue weighted by Crippen LogP contribution is -3.00. The molecule has 0 atom stereocenters. The predicted molar refractivity (Wildman–Crippen MR) is 114 cm³/mol. The maximum Gasteiger partial charge on any atom is 0.243 e. The second-order valence-electron chi connectivity index (χ2n) is 6.58. The van der Waals surface area contributed by atoms with Crippen LogP contribution in [-0.4, -0.2) is 22.6 Å². The number of rotatable bonds is 7. The highest BCUT2D eigenvalue weighted by atomic mass is 79.9. The van der Waals surface area contributed by atoms with Crippen LogP contribution in [0.25, 0.3) is 10.2 Å². The summed E-state index contributed by atoms with van der Waals surface area (Å²) >= 11 is 1.55. The van der Waals surface area contributed by atoms with E-state index >= 15 is 0 Å². The van der Waals surface area contributed by atoms with Crippen molar-refractivity contribution in [2.45, 2.75) is 13.5 Å². The van der Waals surface area contributed by atoms with E-state index in [4.69, 9.17) is 0 Å². The van der Waals surface area contributed by atoms with Crippen molar-refractivity contribution in [2.75, 3.05) is 18.0 Å². The van der Waals surface area contributed by atoms with Gasteiger partial charge in [-0.25, -0.2) is 14.1 Å². The molecule has 150 valence electrons. The van der Waals surface area contributed by atoms with Gasteiger partial charge in [0, 0.05) is 12.2 Å². The van der Waals surface area contributed by atoms with Crippen molar-refractivity contribution in [3.8, 4) is 0 Å². The highest BCUT2D eigenvalue weighted by Gasteiger charge is 2.07. The van der Waals surface area contributed by atoms with E-state index < -0.39 is 0 Å². The molecule has 0 radical (unpaired) electrons. The topological polar surface area (TPSA) is 49.7 Å². The SMILES string of the molecule is CCN(CCn1cc[n+](C)c1)c1ccc(/N=N/c2nc3ccccc3s2)cc1.[Br-]. The molecule has 0 aliphatic carbocycles. The average molecular weight is 471 g/mol. The third-order valence-electron chi connectivity index (χ3n) is 4.58. The number of aromatic nitrogens is 3. The van der Waals surface area contributed by atoms with Gasteiger partial charge in [0.05, 0.1) is 29.5 Å². The van der Waals surface area contributed by atoms with E-state index in [0.29, 0.717) is 5.13 Å². The van der Waals surface area contributed by atoms with Crippen LogP contribution in [0.15, 0.2) is 77.5 Å². The lowest BCUT2D eigenvalue weighted by molar-refractivity contribution is -0.671. The molecular formula is C21H23BrN6S. The van der Waals surface area contributed by atoms with Crippen LogP contribution in [0.1, 0.15) is 6.92 Å². The molecule has 0 aliphatic rings. The van der Waals surface area contributed by atoms with Crippen LogP contribution in [0.4, 0.5) is 16.5 Å². The number of anilines is 1. The lowest BCUT2D eigenvalue weighted by Gasteiger charge is -2.22. The number of imidazole rings is 1. The Balaban J connectivity index is 0.00000240. The number of halogens is 1. The fourth-order valence-corrected chi connectivity index (χ4v) is 3.86. The number of fused-ring (bicyclic) bond motifs is 1. The lowest BCUT2D eigenvalue weighted by atomic mass is 10.2. The van der Waals surface area contributed by atoms with Crippen molar-refractivity contribution in [2.24, 2.45) is 17.3 Å². The minimum absolute atomic E-state index is 0. The van der Waals surface area contributed by atoms with E-state index in [1.165, 1.54) is 5.69 Å². The number of thiazole rings is 1. The molecule has 0 aliphatic heterocycles. The summed E-state index contributed by atoms with van der Waals surface area (Å²) in [6, 6.07) is 16.3. The number of azo groups is 1. The smallest absolute Gasteiger partial charge is 0.243 e. The number of aryl methyl sites for hydroxylation is 1. The second kappa shape index (κ2) is 9.76. The predicted octanol–water partition coefficient (Wildman–Crippen LogP) is 1.87. The van der Waals surface area contributed by atoms with Gasteiger partial charge in [-0.1, -0.05) is 23.5 Å². The number of hydrogen-bond donors (Lipinski definition) is 0. The zero-order valence-corrected chi connectivity index (χ0v) is 18.8. The van der Waals surface area contributed by atoms with Crippen LogP contribution in [0.3, 0.4) is 0 Å². The van der Waals surface area contributed by atoms with Crippen LogP contribution >= 0.6 is 11.3 Å². The molecule has 8 heteroatoms. The minimum Gasteiger partial charge on any atom is -1.00 e. The van der Waals surface area contributed by atoms with Crippen molar-refractivity contribution in [1.29, 1.82) is 0 Å². The van der Waals surface area contributed by atoms with Gasteiger partial charge in [0.15, 0.2) is 0 Å². The van der Waals surface area contributed by atoms with Gasteiger partial charge >= 0.3 is 0 Å². The molecule has 0 saturated carbocycles. The third-order valence-corrected chi connectivity index (χ3v) is 5.50. The first kappa shape index (κ1) is 21.1. The van der Waals surface area contributed by atoms with Gasteiger partial charge in [0.25, 0.3) is 0 Å². The summed E-state index contributed by atoms with van der Waals surface area (Å²) in [6.45, 7) is 5.04. The molecule has 2 aromatic heterocycles. The molecule has 2 heterocycles. The van der Waals surface area contributed by atoms with E-state index in [1.807, 2.05) is 43.4 Å². The molecular weight excluding hydrogens is 448 g/mol. The fourth-order valence-electron chi connectivity index (χ4n) is 3.07. The van der Waals surface area contributed by atoms with Crippen LogP contribution in [0.2, 0.25) is 0 Å². The van der Waals surface area contributed by atoms with Gasteiger partial charge in [0.1, 0.15) is 18.9 Å². The molecule has 0 unspecified atom stereocenters. The van der Waals surface area contributed by atoms with Gasteiger partial charge in [-0.2, -0.15) is 0 Å². The molecule has 0 saturated heterocycles. The number of nitrogens with zero attached hydrogens (tertiary/aromatic N) is 6. The molecule has 0 bridgehead atoms. The van der Waals surface area contributed by atoms with Crippen LogP contribution in [0.5, 0.6) is 0 Å². The highest BCUT2D eigenvalue weighted by Crippen LogP contribution is 2.29. The first-order chi connectivity index (χ1) is 13.7. The summed E-state index contributed by atoms with van der Waals surface area (Å²) in [7, 11) is 2.04. The second-order valence-corrected chi connectivity index (χ2v) is 7.59. The summed E-state index contributed by atoms with van der Waals surface area (Å²) in [5.74, 6) is 0. The first-order valence-corrected chi connectivity index (χ1v) is 10.2. The van der Waals surface area contributed by atoms with Gasteiger partial charge < -0.3 is 21.9 Å². The van der Waals surface area contributed by atoms with Gasteiger partial charge in [-0.3, -0.25) is 0 Å². The number of benzene rings is 2. The third kappa shape index (κ3) is 5.27. The van der Waals surface area contributed by atoms with E-state index in [1.54, 1.807) is 11.3 Å². The van der Waals surface area contributed by atoms with E-state index in [2.05, 4.69) is 67.0 Å². The standard InChI is InChI=1S/C21H23N6S.BrH/c1-3-27(15-14-26-13-12-25(2)16-26)18-10-8-17(9-11-18)23-24-21-22-19-6-4-5-7-20(19)28-21;/h4-13,16H,3,14-15H2,1-2H3;1H/q+1;/p-1/b24-23+;. The largest absolute Gasteiger partial charge is 1.00 e. The molecule has 29 heavy (non-hydrogen) atoms. The Morgan fingerprint density at radius 2 is 1.90 bits per heavy atom. The Morgan fingerprint density at radius 1 is 1.10 bits per heavy atom. The van der Waals surface area contributed by atoms with Crippen molar-refractivity contribution >= 4 is 38.1 Å². The Bertz CT molecular complexity index is 1050. The Morgan fingerprint density at radius 3 is 2.59 bits per heavy atom. The Hall–Kier alpha value is -2.58. The monoisotopic (exact) mass is 470 g/mol. The molecule has 6 nitrogen and oxygen atoms in total. The van der Waals surface area contributed by atoms with Crippen LogP contribution in [-0.2, 0) is 13.6 Å². The van der Waals surface area contributed by atoms with Crippen molar-refractivity contribution in [3.05, 3.63) is 67.3 Å². The molecule has 0 N–H and O–H groups in total. The molecule has 0 spiro atoms. The Labute approximate surface area is 184 Å². The molecule has 4 aromatic rings. The summed E-state index contributed by atoms with van der Waals surface area (Å²) in [5, 5.41) is 9.32. The van der Waals surface area contributed by atoms with E-state index in [-0.39, 0.29) is 17.0 Å². The average Bonchev–Trinajstić information content (AvgIpc) is 3.33. The summed E-state index contributed by atoms with van der Waals surface area (Å²) in [6.07, 6.45) is 6.25. The fraction of sp³-hybridized carbons (Fsp3) is 0.238. The number of para-hydroxylation sites is 1. The van der Waals surface area contributed by atoms with Crippen molar-refractivity contribution < 1.29 is 21.5 Å². The zero-order chi connectivity index (χ0) is 19.3. The normalized spacial score (nSPS) is 11.1. The maximum atomic E-state index is 4.49. The Kier molecular flexibility index (Phi) is 7.11. The summed E-state index contributed by atoms with van der Waals surface area (Å²) in [4.78, 5) is 6.84. The van der Waals surface area contributed by atoms with Crippen LogP contribution in [0, 0.1) is 0 Å². The van der Waals surface area contributed by atoms with Crippen molar-refractivity contribution in [3.63, 3.8) is 0 Å². The summed E-state index contributed by atoms with van der Waals surface area (Å²) in [5.41, 5.74) is 2.99. The zero-order valence-electron chi connectivity index (χ0n) is 16.4. The number of hydrogen-bond acceptors (Lipinski definition) is 5. The van der Waals surface area contributed by atoms with Crippen molar-refractivity contribution in [1.82, 2.24) is 9.55 Å². The highest BCUT2D eigenvalue weighted by molar-refractivity contribution is 7.21. The number of likely N-dealkylation sites (N-methyl/N-ethyl adjacent to an activating group) is 1. The van der Waals surface area contributed by atoms with E-state index in [0.717, 1.165) is 35.5 Å². The maximum absolute atomic E-state index is 4.49. The van der Waals surface area contributed by atoms with Crippen LogP contribution < -0.4 is 26.4 Å². The first-order valence-electron chi connectivity index (χ1n) is 9.34. The van der Waals surface area contributed by atoms with Gasteiger partial charge in [0.2, 0.25) is 11.5 Å². The molecule has 2 aromatic carbocycles. The molecule has 0 amide bonds. The van der Waals surface area contributed by atoms with Gasteiger partial charge in [-0.05, 0) is 43.3 Å². The minimum atomic E-state index is 0. The molecule has 4 rings (SSSR count). The van der Waals surface area contributed by atoms with E-state index in [9.17, 15) is 0 Å². The van der Waals surface area contributed by atoms with Gasteiger partial charge in [-0.15, -0.1) is 10.2 Å². The summed E-state index contributed by atoms with van der Waals surface area (Å²) < 4.78 is 5.38. The molecule has 0 fully saturated rings.